The lowest BCUT2D eigenvalue weighted by molar-refractivity contribution is 0.672. The predicted molar refractivity (Wildman–Crippen MR) is 271 cm³/mol. The van der Waals surface area contributed by atoms with Crippen LogP contribution < -0.4 is 0 Å². The monoisotopic (exact) mass is 806 g/mol. The minimum Gasteiger partial charge on any atom is -0.455 e. The molecule has 0 spiro atoms. The van der Waals surface area contributed by atoms with Crippen LogP contribution in [0.5, 0.6) is 0 Å². The Kier molecular flexibility index (Phi) is 9.21. The van der Waals surface area contributed by atoms with Crippen molar-refractivity contribution in [3.05, 3.63) is 231 Å². The summed E-state index contributed by atoms with van der Waals surface area (Å²) in [6, 6.07) is 65.7. The maximum atomic E-state index is 6.64. The molecular weight excluding hydrogens is 765 g/mol. The van der Waals surface area contributed by atoms with E-state index in [0.29, 0.717) is 0 Å². The first-order valence-electron chi connectivity index (χ1n) is 21.3. The second-order valence-corrected chi connectivity index (χ2v) is 16.4. The van der Waals surface area contributed by atoms with Crippen molar-refractivity contribution in [2.45, 2.75) is 6.92 Å². The van der Waals surface area contributed by atoms with Crippen molar-refractivity contribution in [2.75, 3.05) is 0 Å². The summed E-state index contributed by atoms with van der Waals surface area (Å²) >= 11 is 0. The molecule has 10 aromatic carbocycles. The lowest BCUT2D eigenvalue weighted by Crippen LogP contribution is -1.84. The topological polar surface area (TPSA) is 26.3 Å². The number of fused-ring (bicyclic) bond motifs is 12. The highest BCUT2D eigenvalue weighted by Gasteiger charge is 2.18. The number of rotatable bonds is 6. The zero-order valence-corrected chi connectivity index (χ0v) is 35.0. The van der Waals surface area contributed by atoms with Crippen LogP contribution in [0.2, 0.25) is 0 Å². The largest absolute Gasteiger partial charge is 0.455 e. The van der Waals surface area contributed by atoms with Crippen LogP contribution in [0.1, 0.15) is 6.92 Å². The van der Waals surface area contributed by atoms with E-state index in [-0.39, 0.29) is 0 Å². The van der Waals surface area contributed by atoms with E-state index in [9.17, 15) is 0 Å². The number of hydrogen-bond acceptors (Lipinski definition) is 2. The smallest absolute Gasteiger partial charge is 0.143 e. The van der Waals surface area contributed by atoms with E-state index >= 15 is 0 Å². The first-order chi connectivity index (χ1) is 30.9. The summed E-state index contributed by atoms with van der Waals surface area (Å²) < 4.78 is 13.3. The molecule has 0 saturated carbocycles. The summed E-state index contributed by atoms with van der Waals surface area (Å²) in [5.74, 6) is 0. The van der Waals surface area contributed by atoms with E-state index in [2.05, 4.69) is 202 Å². The number of allylic oxidation sites excluding steroid dienone is 5. The third kappa shape index (κ3) is 6.70. The number of furan rings is 2. The van der Waals surface area contributed by atoms with E-state index in [1.54, 1.807) is 6.08 Å². The van der Waals surface area contributed by atoms with Gasteiger partial charge >= 0.3 is 0 Å². The van der Waals surface area contributed by atoms with Gasteiger partial charge in [-0.3, -0.25) is 0 Å². The van der Waals surface area contributed by atoms with Gasteiger partial charge in [-0.25, -0.2) is 0 Å². The molecule has 2 heterocycles. The van der Waals surface area contributed by atoms with Gasteiger partial charge in [-0.05, 0) is 127 Å². The summed E-state index contributed by atoms with van der Waals surface area (Å²) in [5.41, 5.74) is 12.6. The summed E-state index contributed by atoms with van der Waals surface area (Å²) in [6.07, 6.45) is 5.50. The van der Waals surface area contributed by atoms with E-state index in [1.165, 1.54) is 54.6 Å². The van der Waals surface area contributed by atoms with Gasteiger partial charge in [-0.1, -0.05) is 177 Å². The van der Waals surface area contributed by atoms with Crippen LogP contribution in [0.4, 0.5) is 0 Å². The molecule has 0 saturated heterocycles. The van der Waals surface area contributed by atoms with Gasteiger partial charge in [0.25, 0.3) is 0 Å². The van der Waals surface area contributed by atoms with Crippen LogP contribution in [-0.2, 0) is 0 Å². The van der Waals surface area contributed by atoms with Gasteiger partial charge in [0.05, 0.1) is 0 Å². The Morgan fingerprint density at radius 3 is 1.24 bits per heavy atom. The second-order valence-electron chi connectivity index (χ2n) is 16.4. The van der Waals surface area contributed by atoms with Crippen LogP contribution in [-0.4, -0.2) is 0 Å². The second kappa shape index (κ2) is 15.4. The van der Waals surface area contributed by atoms with E-state index < -0.39 is 0 Å². The van der Waals surface area contributed by atoms with Gasteiger partial charge in [0.15, 0.2) is 0 Å². The van der Waals surface area contributed by atoms with Gasteiger partial charge in [0.2, 0.25) is 0 Å². The lowest BCUT2D eigenvalue weighted by atomic mass is 9.93. The molecule has 2 aromatic heterocycles. The van der Waals surface area contributed by atoms with Crippen LogP contribution in [0.15, 0.2) is 240 Å². The van der Waals surface area contributed by atoms with Crippen molar-refractivity contribution in [1.29, 1.82) is 0 Å². The molecule has 0 fully saturated rings. The molecule has 2 nitrogen and oxygen atoms in total. The molecule has 298 valence electrons. The normalized spacial score (nSPS) is 11.7. The van der Waals surface area contributed by atoms with Gasteiger partial charge < -0.3 is 8.83 Å². The molecule has 63 heavy (non-hydrogen) atoms. The lowest BCUT2D eigenvalue weighted by Gasteiger charge is -2.10. The molecule has 12 rings (SSSR count). The fourth-order valence-electron chi connectivity index (χ4n) is 9.06. The molecule has 0 atom stereocenters. The molecule has 2 heteroatoms. The fraction of sp³-hybridized carbons (Fsp3) is 0.0164. The Bertz CT molecular complexity index is 3630. The maximum absolute atomic E-state index is 6.64. The quantitative estimate of drug-likeness (QED) is 0.156. The van der Waals surface area contributed by atoms with Crippen molar-refractivity contribution in [3.63, 3.8) is 0 Å². The fourth-order valence-corrected chi connectivity index (χ4v) is 9.06. The van der Waals surface area contributed by atoms with Crippen molar-refractivity contribution in [3.8, 4) is 33.4 Å². The van der Waals surface area contributed by atoms with Gasteiger partial charge in [-0.15, -0.1) is 0 Å². The minimum absolute atomic E-state index is 0.885. The van der Waals surface area contributed by atoms with Crippen LogP contribution >= 0.6 is 0 Å². The van der Waals surface area contributed by atoms with Gasteiger partial charge in [-0.2, -0.15) is 0 Å². The SMILES string of the molecule is C=CC(=C)/C=C\C(=C)C.c1ccc2cc(-c3cc4c5cc(-c6ccc7oc8c9ccccc9c(-c9ccc%10ccccc%10c9)cc8c7c6)ccc5oc4c4ccccc34)ccc2c1. The highest BCUT2D eigenvalue weighted by Crippen LogP contribution is 2.44. The molecule has 0 aliphatic carbocycles. The van der Waals surface area contributed by atoms with Gasteiger partial charge in [0, 0.05) is 32.3 Å². The van der Waals surface area contributed by atoms with E-state index in [4.69, 9.17) is 8.83 Å². The zero-order valence-electron chi connectivity index (χ0n) is 35.0. The molecule has 12 aromatic rings. The molecule has 0 unspecified atom stereocenters. The minimum atomic E-state index is 0.885. The van der Waals surface area contributed by atoms with E-state index in [1.807, 2.05) is 19.1 Å². The van der Waals surface area contributed by atoms with Crippen LogP contribution in [0, 0.1) is 0 Å². The first-order valence-corrected chi connectivity index (χ1v) is 21.3. The number of hydrogen-bond donors (Lipinski definition) is 0. The molecular formula is C61H42O2. The maximum Gasteiger partial charge on any atom is 0.143 e. The highest BCUT2D eigenvalue weighted by molar-refractivity contribution is 6.21. The molecule has 0 N–H and O–H groups in total. The standard InChI is InChI=1S/C52H30O2.C9H12/c1-3-11-33-25-37(19-17-31(33)9-1)43-29-47-45-27-35(21-23-49(45)53-51(47)41-15-7-5-13-39(41)43)36-22-24-50-46(28-36)48-30-44(40-14-6-8-16-42(40)52(48)54-50)38-20-18-32-10-2-4-12-34(32)26-38;1-5-9(4)7-6-8(2)3/h1-30H;5-7H,1-2,4H2,3H3/b;7-6-. The Morgan fingerprint density at radius 2 is 0.794 bits per heavy atom. The number of benzene rings is 10. The Balaban J connectivity index is 0.000000448. The summed E-state index contributed by atoms with van der Waals surface area (Å²) in [6.45, 7) is 12.9. The third-order valence-electron chi connectivity index (χ3n) is 12.3. The first kappa shape index (κ1) is 37.8. The van der Waals surface area contributed by atoms with Crippen LogP contribution in [0.3, 0.4) is 0 Å². The molecule has 0 aliphatic rings. The summed E-state index contributed by atoms with van der Waals surface area (Å²) in [5, 5.41) is 14.0. The Morgan fingerprint density at radius 1 is 0.381 bits per heavy atom. The van der Waals surface area contributed by atoms with Crippen molar-refractivity contribution < 1.29 is 8.83 Å². The zero-order chi connectivity index (χ0) is 42.6. The van der Waals surface area contributed by atoms with Crippen LogP contribution in [0.25, 0.3) is 120 Å². The van der Waals surface area contributed by atoms with Crippen molar-refractivity contribution in [2.24, 2.45) is 0 Å². The highest BCUT2D eigenvalue weighted by atomic mass is 16.3. The average molecular weight is 807 g/mol. The molecule has 0 amide bonds. The van der Waals surface area contributed by atoms with Crippen molar-refractivity contribution >= 4 is 87.0 Å². The van der Waals surface area contributed by atoms with E-state index in [0.717, 1.165) is 76.9 Å². The Hall–Kier alpha value is -8.20. The Labute approximate surface area is 365 Å². The van der Waals surface area contributed by atoms with Crippen molar-refractivity contribution in [1.82, 2.24) is 0 Å². The summed E-state index contributed by atoms with van der Waals surface area (Å²) in [7, 11) is 0. The third-order valence-corrected chi connectivity index (χ3v) is 12.3. The molecule has 0 aliphatic heterocycles. The van der Waals surface area contributed by atoms with Gasteiger partial charge in [0.1, 0.15) is 22.3 Å². The average Bonchev–Trinajstić information content (AvgIpc) is 3.90. The molecule has 0 radical (unpaired) electrons. The predicted octanol–water partition coefficient (Wildman–Crippen LogP) is 18.0. The molecule has 0 bridgehead atoms. The summed E-state index contributed by atoms with van der Waals surface area (Å²) in [4.78, 5) is 0.